The van der Waals surface area contributed by atoms with Crippen LogP contribution in [0.5, 0.6) is 0 Å². The number of aromatic nitrogens is 4. The molecule has 8 bridgehead atoms. The van der Waals surface area contributed by atoms with Crippen LogP contribution < -0.4 is 0 Å². The molecule has 0 saturated carbocycles. The molecule has 0 atom stereocenters. The van der Waals surface area contributed by atoms with Gasteiger partial charge in [0.15, 0.2) is 0 Å². The van der Waals surface area contributed by atoms with Crippen LogP contribution in [0.4, 0.5) is 0 Å². The van der Waals surface area contributed by atoms with E-state index in [0.29, 0.717) is 0 Å². The molecular weight excluding hydrogens is 488 g/mol. The van der Waals surface area contributed by atoms with Crippen LogP contribution in [0.1, 0.15) is 22.5 Å². The van der Waals surface area contributed by atoms with Crippen molar-refractivity contribution in [3.8, 4) is 0 Å². The Bertz CT molecular complexity index is 2520. The molecule has 2 aliphatic heterocycles. The predicted molar refractivity (Wildman–Crippen MR) is 165 cm³/mol. The van der Waals surface area contributed by atoms with Gasteiger partial charge in [0.05, 0.1) is 27.8 Å². The average Bonchev–Trinajstić information content (AvgIpc) is 3.72. The van der Waals surface area contributed by atoms with Gasteiger partial charge in [0.25, 0.3) is 0 Å². The van der Waals surface area contributed by atoms with Gasteiger partial charge in [-0.05, 0) is 81.2 Å². The minimum absolute atomic E-state index is 0.821. The van der Waals surface area contributed by atoms with Crippen LogP contribution in [0.25, 0.3) is 87.0 Å². The van der Waals surface area contributed by atoms with Gasteiger partial charge in [0, 0.05) is 61.9 Å². The van der Waals surface area contributed by atoms with E-state index >= 15 is 0 Å². The summed E-state index contributed by atoms with van der Waals surface area (Å²) in [6.45, 7) is 0. The first-order valence-corrected chi connectivity index (χ1v) is 13.8. The highest BCUT2D eigenvalue weighted by Crippen LogP contribution is 2.42. The fourth-order valence-corrected chi connectivity index (χ4v) is 7.56. The van der Waals surface area contributed by atoms with E-state index in [2.05, 4.69) is 101 Å². The molecule has 4 nitrogen and oxygen atoms in total. The Hall–Kier alpha value is -5.22. The van der Waals surface area contributed by atoms with Crippen LogP contribution in [-0.2, 0) is 6.42 Å². The van der Waals surface area contributed by atoms with Crippen molar-refractivity contribution in [1.82, 2.24) is 19.9 Å². The highest BCUT2D eigenvalue weighted by atomic mass is 14.8. The first kappa shape index (κ1) is 19.8. The molecule has 3 aromatic heterocycles. The Labute approximate surface area is 226 Å². The largest absolute Gasteiger partial charge is 0.354 e. The Morgan fingerprint density at radius 2 is 1.15 bits per heavy atom. The Morgan fingerprint density at radius 1 is 0.525 bits per heavy atom. The second-order valence-electron chi connectivity index (χ2n) is 11.5. The summed E-state index contributed by atoms with van der Waals surface area (Å²) >= 11 is 0. The van der Waals surface area contributed by atoms with Gasteiger partial charge >= 0.3 is 0 Å². The third kappa shape index (κ3) is 2.35. The SMILES string of the molecule is [CH]1c2cc3cc4cc5cccc6cc7c(nc(cc8cc9cc%10cccc%11cc1c(n2)c(c9[nH]8)c%11%10)C7)c(c4[nH]3)c65. The zero-order valence-corrected chi connectivity index (χ0v) is 21.3. The Kier molecular flexibility index (Phi) is 3.21. The number of nitrogens with zero attached hydrogens (tertiary/aromatic N) is 2. The van der Waals surface area contributed by atoms with Crippen molar-refractivity contribution in [1.29, 1.82) is 0 Å². The van der Waals surface area contributed by atoms with E-state index in [-0.39, 0.29) is 0 Å². The first-order chi connectivity index (χ1) is 19.7. The summed E-state index contributed by atoms with van der Waals surface area (Å²) in [5, 5.41) is 12.4. The molecule has 0 spiro atoms. The zero-order valence-electron chi connectivity index (χ0n) is 21.3. The van der Waals surface area contributed by atoms with Crippen LogP contribution in [0.3, 0.4) is 0 Å². The highest BCUT2D eigenvalue weighted by molar-refractivity contribution is 6.28. The molecule has 40 heavy (non-hydrogen) atoms. The zero-order chi connectivity index (χ0) is 25.7. The molecule has 0 fully saturated rings. The maximum Gasteiger partial charge on any atom is 0.0772 e. The number of benzene rings is 6. The summed E-state index contributed by atoms with van der Waals surface area (Å²) in [5.74, 6) is 0. The van der Waals surface area contributed by atoms with E-state index in [9.17, 15) is 0 Å². The number of hydrogen-bond donors (Lipinski definition) is 2. The minimum Gasteiger partial charge on any atom is -0.354 e. The molecular formula is C36H19N4. The molecule has 2 aliphatic rings. The molecule has 9 aromatic rings. The van der Waals surface area contributed by atoms with E-state index in [1.165, 1.54) is 65.0 Å². The molecule has 0 aliphatic carbocycles. The molecule has 0 saturated heterocycles. The molecule has 4 heteroatoms. The van der Waals surface area contributed by atoms with Crippen molar-refractivity contribution in [2.75, 3.05) is 0 Å². The smallest absolute Gasteiger partial charge is 0.0772 e. The predicted octanol–water partition coefficient (Wildman–Crippen LogP) is 8.74. The summed E-state index contributed by atoms with van der Waals surface area (Å²) in [4.78, 5) is 18.0. The number of nitrogens with one attached hydrogen (secondary N) is 2. The molecule has 6 aromatic carbocycles. The lowest BCUT2D eigenvalue weighted by Gasteiger charge is -2.09. The number of H-pyrrole nitrogens is 2. The van der Waals surface area contributed by atoms with Gasteiger partial charge in [0.1, 0.15) is 0 Å². The van der Waals surface area contributed by atoms with E-state index < -0.39 is 0 Å². The summed E-state index contributed by atoms with van der Waals surface area (Å²) in [6.07, 6.45) is 3.04. The third-order valence-corrected chi connectivity index (χ3v) is 9.11. The number of hydrogen-bond acceptors (Lipinski definition) is 2. The monoisotopic (exact) mass is 507 g/mol. The van der Waals surface area contributed by atoms with Crippen LogP contribution in [0.15, 0.2) is 84.9 Å². The second-order valence-corrected chi connectivity index (χ2v) is 11.5. The van der Waals surface area contributed by atoms with Crippen molar-refractivity contribution in [2.45, 2.75) is 6.42 Å². The van der Waals surface area contributed by atoms with Crippen molar-refractivity contribution in [3.05, 3.63) is 114 Å². The van der Waals surface area contributed by atoms with E-state index in [1.54, 1.807) is 0 Å². The fourth-order valence-electron chi connectivity index (χ4n) is 7.56. The average molecular weight is 508 g/mol. The van der Waals surface area contributed by atoms with E-state index in [0.717, 1.165) is 50.9 Å². The van der Waals surface area contributed by atoms with E-state index in [4.69, 9.17) is 9.97 Å². The van der Waals surface area contributed by atoms with Crippen LogP contribution in [0.2, 0.25) is 0 Å². The fraction of sp³-hybridized carbons (Fsp3) is 0.0278. The van der Waals surface area contributed by atoms with Crippen LogP contribution >= 0.6 is 0 Å². The van der Waals surface area contributed by atoms with Gasteiger partial charge in [-0.25, -0.2) is 0 Å². The molecule has 5 heterocycles. The number of fused-ring (bicyclic) bond motifs is 4. The van der Waals surface area contributed by atoms with Crippen LogP contribution in [-0.4, -0.2) is 19.9 Å². The number of aromatic amines is 2. The van der Waals surface area contributed by atoms with Gasteiger partial charge in [-0.1, -0.05) is 36.4 Å². The Balaban J connectivity index is 1.40. The van der Waals surface area contributed by atoms with Crippen molar-refractivity contribution < 1.29 is 0 Å². The van der Waals surface area contributed by atoms with Gasteiger partial charge < -0.3 is 9.97 Å². The maximum atomic E-state index is 5.27. The van der Waals surface area contributed by atoms with Gasteiger partial charge in [0.2, 0.25) is 0 Å². The molecule has 183 valence electrons. The van der Waals surface area contributed by atoms with Crippen molar-refractivity contribution in [2.24, 2.45) is 0 Å². The lowest BCUT2D eigenvalue weighted by Crippen LogP contribution is -1.86. The van der Waals surface area contributed by atoms with Crippen LogP contribution in [0, 0.1) is 6.42 Å². The summed E-state index contributed by atoms with van der Waals surface area (Å²) in [5.41, 5.74) is 11.0. The van der Waals surface area contributed by atoms with Gasteiger partial charge in [-0.3, -0.25) is 9.97 Å². The van der Waals surface area contributed by atoms with Crippen molar-refractivity contribution >= 4 is 87.0 Å². The normalized spacial score (nSPS) is 13.8. The molecule has 11 rings (SSSR count). The highest BCUT2D eigenvalue weighted by Gasteiger charge is 2.21. The molecule has 1 radical (unpaired) electrons. The van der Waals surface area contributed by atoms with Gasteiger partial charge in [-0.2, -0.15) is 0 Å². The molecule has 2 N–H and O–H groups in total. The van der Waals surface area contributed by atoms with Gasteiger partial charge in [-0.15, -0.1) is 0 Å². The summed E-state index contributed by atoms with van der Waals surface area (Å²) in [6, 6.07) is 31.3. The number of rotatable bonds is 0. The summed E-state index contributed by atoms with van der Waals surface area (Å²) < 4.78 is 0. The first-order valence-electron chi connectivity index (χ1n) is 13.8. The molecule has 0 amide bonds. The standard InChI is InChI=1S/C36H19N4/c1-3-17-7-21-11-25-15-27-13-23-9-19-5-2-6-20-10-24-14-28(40-36(24)32(30(19)20)35(23)39-27)16-26-12-22-8-18(4-1)29(17)31(33(21)37-25)34(22)38-26/h1-13,15-16,38-39H,14H2. The lowest BCUT2D eigenvalue weighted by molar-refractivity contribution is 1.20. The Morgan fingerprint density at radius 3 is 1.88 bits per heavy atom. The topological polar surface area (TPSA) is 57.4 Å². The minimum atomic E-state index is 0.821. The molecule has 0 unspecified atom stereocenters. The third-order valence-electron chi connectivity index (χ3n) is 9.11. The quantitative estimate of drug-likeness (QED) is 0.216. The second kappa shape index (κ2) is 6.49. The lowest BCUT2D eigenvalue weighted by atomic mass is 9.94. The maximum absolute atomic E-state index is 5.27. The van der Waals surface area contributed by atoms with Crippen molar-refractivity contribution in [3.63, 3.8) is 0 Å². The van der Waals surface area contributed by atoms with E-state index in [1.807, 2.05) is 0 Å². The summed E-state index contributed by atoms with van der Waals surface area (Å²) in [7, 11) is 0.